The number of benzene rings is 2. The Labute approximate surface area is 171 Å². The van der Waals surface area contributed by atoms with Gasteiger partial charge < -0.3 is 10.6 Å². The third kappa shape index (κ3) is 5.45. The van der Waals surface area contributed by atoms with Crippen LogP contribution in [0.1, 0.15) is 29.5 Å². The summed E-state index contributed by atoms with van der Waals surface area (Å²) >= 11 is 0. The quantitative estimate of drug-likeness (QED) is 0.650. The number of likely N-dealkylation sites (tertiary alicyclic amines) is 1. The Morgan fingerprint density at radius 3 is 2.34 bits per heavy atom. The average Bonchev–Trinajstić information content (AvgIpc) is 3.46. The number of urea groups is 1. The van der Waals surface area contributed by atoms with Crippen molar-refractivity contribution in [1.29, 1.82) is 0 Å². The van der Waals surface area contributed by atoms with Crippen molar-refractivity contribution in [1.82, 2.24) is 25.3 Å². The van der Waals surface area contributed by atoms with E-state index < -0.39 is 0 Å². The number of hydrogen-bond donors (Lipinski definition) is 2. The molecule has 2 N–H and O–H groups in total. The Morgan fingerprint density at radius 2 is 1.62 bits per heavy atom. The van der Waals surface area contributed by atoms with Crippen molar-refractivity contribution < 1.29 is 4.79 Å². The molecule has 0 bridgehead atoms. The molecule has 6 nitrogen and oxygen atoms in total. The van der Waals surface area contributed by atoms with E-state index in [0.29, 0.717) is 13.1 Å². The Kier molecular flexibility index (Phi) is 6.22. The minimum Gasteiger partial charge on any atom is -0.334 e. The maximum atomic E-state index is 12.2. The summed E-state index contributed by atoms with van der Waals surface area (Å²) in [5, 5.41) is 10.1. The van der Waals surface area contributed by atoms with Gasteiger partial charge in [-0.15, -0.1) is 0 Å². The summed E-state index contributed by atoms with van der Waals surface area (Å²) in [5.41, 5.74) is 4.48. The molecule has 2 heterocycles. The number of hydrogen-bond acceptors (Lipinski definition) is 3. The second-order valence-corrected chi connectivity index (χ2v) is 7.46. The summed E-state index contributed by atoms with van der Waals surface area (Å²) in [6.07, 6.45) is 6.25. The Morgan fingerprint density at radius 1 is 0.897 bits per heavy atom. The first-order valence-corrected chi connectivity index (χ1v) is 10.2. The molecular weight excluding hydrogens is 362 g/mol. The number of amides is 2. The molecule has 0 unspecified atom stereocenters. The highest BCUT2D eigenvalue weighted by molar-refractivity contribution is 5.73. The first kappa shape index (κ1) is 19.2. The smallest absolute Gasteiger partial charge is 0.315 e. The number of aromatic nitrogens is 2. The van der Waals surface area contributed by atoms with Gasteiger partial charge in [-0.2, -0.15) is 5.10 Å². The fraction of sp³-hybridized carbons (Fsp3) is 0.304. The highest BCUT2D eigenvalue weighted by Crippen LogP contribution is 2.14. The SMILES string of the molecule is O=C(NCc1ccc(-n2cccn2)cc1)NCc1cccc(CN2CCCC2)c1. The molecule has 0 radical (unpaired) electrons. The van der Waals surface area contributed by atoms with Gasteiger partial charge in [0.15, 0.2) is 0 Å². The minimum absolute atomic E-state index is 0.161. The fourth-order valence-corrected chi connectivity index (χ4v) is 3.65. The molecule has 29 heavy (non-hydrogen) atoms. The summed E-state index contributed by atoms with van der Waals surface area (Å²) in [5.74, 6) is 0. The molecule has 1 aliphatic heterocycles. The normalized spacial score (nSPS) is 14.1. The third-order valence-electron chi connectivity index (χ3n) is 5.21. The predicted molar refractivity (Wildman–Crippen MR) is 114 cm³/mol. The molecule has 1 saturated heterocycles. The molecule has 0 saturated carbocycles. The molecular formula is C23H27N5O. The van der Waals surface area contributed by atoms with Crippen molar-refractivity contribution in [2.75, 3.05) is 13.1 Å². The summed E-state index contributed by atoms with van der Waals surface area (Å²) in [6.45, 7) is 4.38. The lowest BCUT2D eigenvalue weighted by Crippen LogP contribution is -2.34. The van der Waals surface area contributed by atoms with Crippen molar-refractivity contribution in [3.63, 3.8) is 0 Å². The van der Waals surface area contributed by atoms with Gasteiger partial charge >= 0.3 is 6.03 Å². The van der Waals surface area contributed by atoms with Gasteiger partial charge in [-0.25, -0.2) is 9.48 Å². The number of carbonyl (C=O) groups excluding carboxylic acids is 1. The maximum Gasteiger partial charge on any atom is 0.315 e. The van der Waals surface area contributed by atoms with Crippen LogP contribution >= 0.6 is 0 Å². The zero-order chi connectivity index (χ0) is 19.9. The summed E-state index contributed by atoms with van der Waals surface area (Å²) < 4.78 is 1.81. The van der Waals surface area contributed by atoms with E-state index in [2.05, 4.69) is 44.9 Å². The van der Waals surface area contributed by atoms with E-state index in [1.54, 1.807) is 6.20 Å². The van der Waals surface area contributed by atoms with Crippen LogP contribution in [0.4, 0.5) is 4.79 Å². The van der Waals surface area contributed by atoms with Crippen molar-refractivity contribution >= 4 is 6.03 Å². The lowest BCUT2D eigenvalue weighted by molar-refractivity contribution is 0.240. The van der Waals surface area contributed by atoms with Crippen LogP contribution in [0.15, 0.2) is 67.0 Å². The Hall–Kier alpha value is -3.12. The molecule has 0 aliphatic carbocycles. The molecule has 0 atom stereocenters. The van der Waals surface area contributed by atoms with Crippen LogP contribution in [-0.4, -0.2) is 33.8 Å². The molecule has 4 rings (SSSR count). The van der Waals surface area contributed by atoms with E-state index in [9.17, 15) is 4.79 Å². The Bertz CT molecular complexity index is 915. The molecule has 0 spiro atoms. The van der Waals surface area contributed by atoms with Gasteiger partial charge in [0.1, 0.15) is 0 Å². The largest absolute Gasteiger partial charge is 0.334 e. The first-order chi connectivity index (χ1) is 14.3. The van der Waals surface area contributed by atoms with Crippen LogP contribution in [0.5, 0.6) is 0 Å². The standard InChI is InChI=1S/C23H27N5O/c29-23(24-16-19-7-9-22(10-8-19)28-14-4-11-26-28)25-17-20-5-3-6-21(15-20)18-27-12-1-2-13-27/h3-11,14-15H,1-2,12-13,16-18H2,(H2,24,25,29). The number of rotatable bonds is 7. The second-order valence-electron chi connectivity index (χ2n) is 7.46. The predicted octanol–water partition coefficient (Wildman–Crippen LogP) is 3.47. The second kappa shape index (κ2) is 9.39. The molecule has 2 aromatic carbocycles. The average molecular weight is 390 g/mol. The van der Waals surface area contributed by atoms with E-state index in [1.807, 2.05) is 41.2 Å². The van der Waals surface area contributed by atoms with Gasteiger partial charge in [0.05, 0.1) is 5.69 Å². The summed E-state index contributed by atoms with van der Waals surface area (Å²) in [7, 11) is 0. The number of nitrogens with zero attached hydrogens (tertiary/aromatic N) is 3. The fourth-order valence-electron chi connectivity index (χ4n) is 3.65. The third-order valence-corrected chi connectivity index (χ3v) is 5.21. The molecule has 1 aromatic heterocycles. The summed E-state index contributed by atoms with van der Waals surface area (Å²) in [6, 6.07) is 18.2. The van der Waals surface area contributed by atoms with Crippen molar-refractivity contribution in [2.45, 2.75) is 32.5 Å². The minimum atomic E-state index is -0.161. The van der Waals surface area contributed by atoms with Crippen LogP contribution in [0.25, 0.3) is 5.69 Å². The van der Waals surface area contributed by atoms with Crippen LogP contribution in [0.2, 0.25) is 0 Å². The van der Waals surface area contributed by atoms with Gasteiger partial charge in [-0.05, 0) is 60.8 Å². The van der Waals surface area contributed by atoms with Gasteiger partial charge in [-0.1, -0.05) is 36.4 Å². The van der Waals surface area contributed by atoms with Gasteiger partial charge in [0.25, 0.3) is 0 Å². The van der Waals surface area contributed by atoms with Crippen molar-refractivity contribution in [3.05, 3.63) is 83.7 Å². The number of carbonyl (C=O) groups is 1. The van der Waals surface area contributed by atoms with Crippen LogP contribution in [0, 0.1) is 0 Å². The highest BCUT2D eigenvalue weighted by atomic mass is 16.2. The first-order valence-electron chi connectivity index (χ1n) is 10.2. The molecule has 6 heteroatoms. The van der Waals surface area contributed by atoms with Crippen LogP contribution in [-0.2, 0) is 19.6 Å². The zero-order valence-corrected chi connectivity index (χ0v) is 16.6. The number of nitrogens with one attached hydrogen (secondary N) is 2. The van der Waals surface area contributed by atoms with Gasteiger partial charge in [-0.3, -0.25) is 4.90 Å². The van der Waals surface area contributed by atoms with Crippen LogP contribution in [0.3, 0.4) is 0 Å². The monoisotopic (exact) mass is 389 g/mol. The Balaban J connectivity index is 1.23. The van der Waals surface area contributed by atoms with E-state index in [1.165, 1.54) is 31.5 Å². The molecule has 150 valence electrons. The topological polar surface area (TPSA) is 62.2 Å². The van der Waals surface area contributed by atoms with E-state index in [4.69, 9.17) is 0 Å². The molecule has 3 aromatic rings. The van der Waals surface area contributed by atoms with E-state index in [0.717, 1.165) is 23.4 Å². The lowest BCUT2D eigenvalue weighted by Gasteiger charge is -2.15. The lowest BCUT2D eigenvalue weighted by atomic mass is 10.1. The summed E-state index contributed by atoms with van der Waals surface area (Å²) in [4.78, 5) is 14.6. The highest BCUT2D eigenvalue weighted by Gasteiger charge is 2.11. The van der Waals surface area contributed by atoms with E-state index in [-0.39, 0.29) is 6.03 Å². The molecule has 1 aliphatic rings. The van der Waals surface area contributed by atoms with E-state index >= 15 is 0 Å². The van der Waals surface area contributed by atoms with Crippen molar-refractivity contribution in [2.24, 2.45) is 0 Å². The van der Waals surface area contributed by atoms with Crippen molar-refractivity contribution in [3.8, 4) is 5.69 Å². The molecule has 2 amide bonds. The van der Waals surface area contributed by atoms with Crippen LogP contribution < -0.4 is 10.6 Å². The molecule has 1 fully saturated rings. The zero-order valence-electron chi connectivity index (χ0n) is 16.6. The van der Waals surface area contributed by atoms with Gasteiger partial charge in [0.2, 0.25) is 0 Å². The van der Waals surface area contributed by atoms with Gasteiger partial charge in [0, 0.05) is 32.0 Å². The maximum absolute atomic E-state index is 12.2.